The van der Waals surface area contributed by atoms with Crippen LogP contribution in [-0.2, 0) is 6.61 Å². The Kier molecular flexibility index (Phi) is 2.93. The fraction of sp³-hybridized carbons (Fsp3) is 0.167. The van der Waals surface area contributed by atoms with Crippen molar-refractivity contribution in [3.63, 3.8) is 0 Å². The summed E-state index contributed by atoms with van der Waals surface area (Å²) in [5.74, 6) is 0.824. The van der Waals surface area contributed by atoms with Crippen LogP contribution in [0.5, 0.6) is 5.75 Å². The summed E-state index contributed by atoms with van der Waals surface area (Å²) >= 11 is 3.42. The minimum Gasteiger partial charge on any atom is -0.497 e. The van der Waals surface area contributed by atoms with E-state index in [1.54, 1.807) is 7.11 Å². The molecule has 0 heterocycles. The number of benzene rings is 2. The molecule has 1 N–H and O–H groups in total. The van der Waals surface area contributed by atoms with Crippen LogP contribution in [0, 0.1) is 0 Å². The second kappa shape index (κ2) is 4.21. The fourth-order valence-electron chi connectivity index (χ4n) is 1.64. The van der Waals surface area contributed by atoms with Crippen molar-refractivity contribution in [1.82, 2.24) is 0 Å². The number of ether oxygens (including phenoxy) is 1. The third-order valence-electron chi connectivity index (χ3n) is 2.38. The molecule has 0 fully saturated rings. The Morgan fingerprint density at radius 3 is 2.73 bits per heavy atom. The van der Waals surface area contributed by atoms with E-state index in [4.69, 9.17) is 4.74 Å². The van der Waals surface area contributed by atoms with E-state index in [0.717, 1.165) is 26.6 Å². The van der Waals surface area contributed by atoms with Gasteiger partial charge in [-0.3, -0.25) is 0 Å². The Morgan fingerprint density at radius 2 is 2.07 bits per heavy atom. The fourth-order valence-corrected chi connectivity index (χ4v) is 2.17. The highest BCUT2D eigenvalue weighted by atomic mass is 79.9. The first-order chi connectivity index (χ1) is 7.24. The molecule has 0 saturated carbocycles. The smallest absolute Gasteiger partial charge is 0.119 e. The second-order valence-corrected chi connectivity index (χ2v) is 4.23. The van der Waals surface area contributed by atoms with E-state index in [1.807, 2.05) is 30.3 Å². The van der Waals surface area contributed by atoms with Gasteiger partial charge in [-0.05, 0) is 40.6 Å². The van der Waals surface area contributed by atoms with Gasteiger partial charge in [-0.25, -0.2) is 0 Å². The summed E-state index contributed by atoms with van der Waals surface area (Å²) in [5.41, 5.74) is 0.919. The molecule has 0 saturated heterocycles. The van der Waals surface area contributed by atoms with E-state index in [2.05, 4.69) is 15.9 Å². The first-order valence-electron chi connectivity index (χ1n) is 4.61. The van der Waals surface area contributed by atoms with Gasteiger partial charge in [0.15, 0.2) is 0 Å². The van der Waals surface area contributed by atoms with E-state index in [1.165, 1.54) is 0 Å². The molecule has 78 valence electrons. The maximum absolute atomic E-state index is 9.23. The minimum atomic E-state index is 0.0439. The van der Waals surface area contributed by atoms with Crippen LogP contribution < -0.4 is 4.74 Å². The van der Waals surface area contributed by atoms with Gasteiger partial charge in [0.2, 0.25) is 0 Å². The van der Waals surface area contributed by atoms with E-state index < -0.39 is 0 Å². The average Bonchev–Trinajstić information content (AvgIpc) is 2.26. The zero-order valence-electron chi connectivity index (χ0n) is 8.33. The Hall–Kier alpha value is -1.06. The molecule has 2 aromatic carbocycles. The summed E-state index contributed by atoms with van der Waals surface area (Å²) in [7, 11) is 1.64. The van der Waals surface area contributed by atoms with Crippen LogP contribution in [0.2, 0.25) is 0 Å². The Labute approximate surface area is 96.6 Å². The summed E-state index contributed by atoms with van der Waals surface area (Å²) in [6, 6.07) is 9.76. The molecule has 0 aliphatic heterocycles. The van der Waals surface area contributed by atoms with Crippen molar-refractivity contribution >= 4 is 26.7 Å². The molecule has 2 nitrogen and oxygen atoms in total. The number of halogens is 1. The van der Waals surface area contributed by atoms with Gasteiger partial charge < -0.3 is 9.84 Å². The first kappa shape index (κ1) is 10.5. The minimum absolute atomic E-state index is 0.0439. The number of hydrogen-bond donors (Lipinski definition) is 1. The van der Waals surface area contributed by atoms with Gasteiger partial charge in [0.05, 0.1) is 13.7 Å². The van der Waals surface area contributed by atoms with Crippen LogP contribution in [0.1, 0.15) is 5.56 Å². The third-order valence-corrected chi connectivity index (χ3v) is 2.84. The zero-order valence-corrected chi connectivity index (χ0v) is 9.91. The van der Waals surface area contributed by atoms with Crippen LogP contribution in [0.15, 0.2) is 34.8 Å². The van der Waals surface area contributed by atoms with Crippen molar-refractivity contribution in [1.29, 1.82) is 0 Å². The van der Waals surface area contributed by atoms with Gasteiger partial charge in [0.25, 0.3) is 0 Å². The number of aliphatic hydroxyl groups excluding tert-OH is 1. The molecule has 0 radical (unpaired) electrons. The number of aliphatic hydroxyl groups is 1. The maximum atomic E-state index is 9.23. The molecule has 0 aromatic heterocycles. The lowest BCUT2D eigenvalue weighted by Gasteiger charge is -2.07. The monoisotopic (exact) mass is 266 g/mol. The van der Waals surface area contributed by atoms with Gasteiger partial charge in [0.1, 0.15) is 5.75 Å². The lowest BCUT2D eigenvalue weighted by atomic mass is 10.0. The molecule has 0 aliphatic rings. The van der Waals surface area contributed by atoms with Crippen LogP contribution >= 0.6 is 15.9 Å². The van der Waals surface area contributed by atoms with Gasteiger partial charge >= 0.3 is 0 Å². The number of rotatable bonds is 2. The summed E-state index contributed by atoms with van der Waals surface area (Å²) in [5, 5.41) is 11.4. The summed E-state index contributed by atoms with van der Waals surface area (Å²) < 4.78 is 6.12. The Bertz CT molecular complexity index is 494. The maximum Gasteiger partial charge on any atom is 0.119 e. The lowest BCUT2D eigenvalue weighted by molar-refractivity contribution is 0.283. The highest BCUT2D eigenvalue weighted by Gasteiger charge is 2.03. The molecule has 0 unspecified atom stereocenters. The topological polar surface area (TPSA) is 29.5 Å². The Morgan fingerprint density at radius 1 is 1.27 bits per heavy atom. The van der Waals surface area contributed by atoms with Crippen molar-refractivity contribution in [3.05, 3.63) is 40.4 Å². The van der Waals surface area contributed by atoms with Crippen LogP contribution in [0.4, 0.5) is 0 Å². The largest absolute Gasteiger partial charge is 0.497 e. The molecule has 0 amide bonds. The lowest BCUT2D eigenvalue weighted by Crippen LogP contribution is -1.88. The first-order valence-corrected chi connectivity index (χ1v) is 5.41. The quantitative estimate of drug-likeness (QED) is 0.905. The SMILES string of the molecule is COc1ccc2c(CO)cc(Br)cc2c1. The van der Waals surface area contributed by atoms with Crippen molar-refractivity contribution in [2.75, 3.05) is 7.11 Å². The second-order valence-electron chi connectivity index (χ2n) is 3.31. The number of hydrogen-bond acceptors (Lipinski definition) is 2. The molecule has 0 spiro atoms. The molecular weight excluding hydrogens is 256 g/mol. The molecular formula is C12H11BrO2. The van der Waals surface area contributed by atoms with Gasteiger partial charge in [0, 0.05) is 4.47 Å². The average molecular weight is 267 g/mol. The summed E-state index contributed by atoms with van der Waals surface area (Å²) in [6.07, 6.45) is 0. The van der Waals surface area contributed by atoms with Crippen molar-refractivity contribution in [3.8, 4) is 5.75 Å². The molecule has 3 heteroatoms. The highest BCUT2D eigenvalue weighted by molar-refractivity contribution is 9.10. The summed E-state index contributed by atoms with van der Waals surface area (Å²) in [4.78, 5) is 0. The standard InChI is InChI=1S/C12H11BrO2/c1-15-11-2-3-12-8(6-11)4-10(13)5-9(12)7-14/h2-6,14H,7H2,1H3. The van der Waals surface area contributed by atoms with E-state index >= 15 is 0 Å². The molecule has 2 aromatic rings. The van der Waals surface area contributed by atoms with Crippen LogP contribution in [0.3, 0.4) is 0 Å². The van der Waals surface area contributed by atoms with Crippen LogP contribution in [0.25, 0.3) is 10.8 Å². The van der Waals surface area contributed by atoms with Crippen LogP contribution in [-0.4, -0.2) is 12.2 Å². The van der Waals surface area contributed by atoms with Crippen molar-refractivity contribution in [2.45, 2.75) is 6.61 Å². The molecule has 0 aliphatic carbocycles. The Balaban J connectivity index is 2.72. The molecule has 15 heavy (non-hydrogen) atoms. The molecule has 2 rings (SSSR count). The van der Waals surface area contributed by atoms with E-state index in [-0.39, 0.29) is 6.61 Å². The van der Waals surface area contributed by atoms with E-state index in [9.17, 15) is 5.11 Å². The predicted molar refractivity (Wildman–Crippen MR) is 64.1 cm³/mol. The molecule has 0 bridgehead atoms. The van der Waals surface area contributed by atoms with Gasteiger partial charge in [-0.1, -0.05) is 22.0 Å². The number of methoxy groups -OCH3 is 1. The molecule has 0 atom stereocenters. The zero-order chi connectivity index (χ0) is 10.8. The van der Waals surface area contributed by atoms with E-state index in [0.29, 0.717) is 0 Å². The van der Waals surface area contributed by atoms with Gasteiger partial charge in [-0.2, -0.15) is 0 Å². The summed E-state index contributed by atoms with van der Waals surface area (Å²) in [6.45, 7) is 0.0439. The number of fused-ring (bicyclic) bond motifs is 1. The normalized spacial score (nSPS) is 10.6. The predicted octanol–water partition coefficient (Wildman–Crippen LogP) is 3.10. The third kappa shape index (κ3) is 1.98. The van der Waals surface area contributed by atoms with Crippen molar-refractivity contribution in [2.24, 2.45) is 0 Å². The highest BCUT2D eigenvalue weighted by Crippen LogP contribution is 2.27. The van der Waals surface area contributed by atoms with Gasteiger partial charge in [-0.15, -0.1) is 0 Å². The van der Waals surface area contributed by atoms with Crippen molar-refractivity contribution < 1.29 is 9.84 Å².